The van der Waals surface area contributed by atoms with E-state index in [1.54, 1.807) is 0 Å². The van der Waals surface area contributed by atoms with Crippen molar-refractivity contribution < 1.29 is 22.7 Å². The molecule has 0 spiro atoms. The second-order valence-corrected chi connectivity index (χ2v) is 6.39. The smallest absolute Gasteiger partial charge is 0.276 e. The number of ether oxygens (including phenoxy) is 1. The van der Waals surface area contributed by atoms with Gasteiger partial charge in [0.25, 0.3) is 5.91 Å². The van der Waals surface area contributed by atoms with Gasteiger partial charge in [-0.2, -0.15) is 4.98 Å². The Kier molecular flexibility index (Phi) is 8.73. The molecule has 8 nitrogen and oxygen atoms in total. The molecule has 2 aromatic heterocycles. The van der Waals surface area contributed by atoms with Gasteiger partial charge in [0, 0.05) is 6.07 Å². The number of nitrogens with zero attached hydrogens (tertiary/aromatic N) is 3. The highest BCUT2D eigenvalue weighted by Gasteiger charge is 2.22. The van der Waals surface area contributed by atoms with Crippen LogP contribution in [0, 0.1) is 17.5 Å². The van der Waals surface area contributed by atoms with Crippen molar-refractivity contribution in [2.75, 3.05) is 24.2 Å². The maximum atomic E-state index is 14.4. The summed E-state index contributed by atoms with van der Waals surface area (Å²) in [6, 6.07) is 3.80. The lowest BCUT2D eigenvalue weighted by molar-refractivity contribution is 0.102. The Morgan fingerprint density at radius 1 is 1.12 bits per heavy atom. The molecule has 2 heterocycles. The number of aromatic nitrogens is 3. The lowest BCUT2D eigenvalue weighted by atomic mass is 10.1. The summed E-state index contributed by atoms with van der Waals surface area (Å²) in [5, 5.41) is 2.47. The monoisotopic (exact) mass is 468 g/mol. The predicted octanol–water partition coefficient (Wildman–Crippen LogP) is 3.33. The number of amides is 1. The zero-order chi connectivity index (χ0) is 22.4. The van der Waals surface area contributed by atoms with Gasteiger partial charge in [-0.25, -0.2) is 23.1 Å². The molecule has 0 atom stereocenters. The number of hydrogen-bond donors (Lipinski definition) is 3. The van der Waals surface area contributed by atoms with Crippen molar-refractivity contribution in [2.24, 2.45) is 5.73 Å². The Morgan fingerprint density at radius 2 is 1.84 bits per heavy atom. The maximum absolute atomic E-state index is 14.4. The first kappa shape index (κ1) is 24.8. The summed E-state index contributed by atoms with van der Waals surface area (Å²) < 4.78 is 48.1. The molecular formula is C20H20ClF3N6O2. The standard InChI is InChI=1S/C20H19F3N6O2.ClH/c21-11-4-3-5-12(22)16(11)17-13(23)8-14(25)18(29-17)19(30)28-15-9-26-10-27-20(15)31-7-2-1-6-24;/h3-5,8-10H,1-2,6-7,24-25H2,(H,28,30);1H. The van der Waals surface area contributed by atoms with Crippen LogP contribution in [0.2, 0.25) is 0 Å². The molecule has 170 valence electrons. The molecule has 32 heavy (non-hydrogen) atoms. The van der Waals surface area contributed by atoms with E-state index in [0.29, 0.717) is 19.6 Å². The summed E-state index contributed by atoms with van der Waals surface area (Å²) >= 11 is 0. The van der Waals surface area contributed by atoms with E-state index >= 15 is 0 Å². The van der Waals surface area contributed by atoms with Crippen LogP contribution in [0.3, 0.4) is 0 Å². The van der Waals surface area contributed by atoms with Crippen molar-refractivity contribution in [3.05, 3.63) is 59.9 Å². The number of unbranched alkanes of at least 4 members (excludes halogenated alkanes) is 1. The minimum absolute atomic E-state index is 0. The van der Waals surface area contributed by atoms with Crippen LogP contribution in [0.1, 0.15) is 23.3 Å². The Labute approximate surface area is 187 Å². The molecule has 0 saturated carbocycles. The van der Waals surface area contributed by atoms with Crippen molar-refractivity contribution in [1.82, 2.24) is 15.0 Å². The van der Waals surface area contributed by atoms with Gasteiger partial charge in [-0.3, -0.25) is 4.79 Å². The second kappa shape index (κ2) is 11.3. The third kappa shape index (κ3) is 5.62. The molecular weight excluding hydrogens is 449 g/mol. The molecule has 0 aliphatic rings. The van der Waals surface area contributed by atoms with Gasteiger partial charge in [0.15, 0.2) is 11.5 Å². The number of nitrogens with two attached hydrogens (primary N) is 2. The van der Waals surface area contributed by atoms with Crippen LogP contribution in [0.4, 0.5) is 24.5 Å². The van der Waals surface area contributed by atoms with Crippen LogP contribution in [0.15, 0.2) is 36.8 Å². The first-order valence-electron chi connectivity index (χ1n) is 9.27. The normalized spacial score (nSPS) is 10.4. The second-order valence-electron chi connectivity index (χ2n) is 6.39. The molecule has 0 aliphatic heterocycles. The average Bonchev–Trinajstić information content (AvgIpc) is 2.73. The van der Waals surface area contributed by atoms with Gasteiger partial charge < -0.3 is 21.5 Å². The predicted molar refractivity (Wildman–Crippen MR) is 115 cm³/mol. The van der Waals surface area contributed by atoms with Crippen LogP contribution in [-0.4, -0.2) is 34.0 Å². The number of benzene rings is 1. The van der Waals surface area contributed by atoms with Crippen LogP contribution in [-0.2, 0) is 0 Å². The quantitative estimate of drug-likeness (QED) is 0.432. The van der Waals surface area contributed by atoms with E-state index in [0.717, 1.165) is 30.7 Å². The summed E-state index contributed by atoms with van der Waals surface area (Å²) in [6.07, 6.45) is 3.95. The van der Waals surface area contributed by atoms with Crippen molar-refractivity contribution in [1.29, 1.82) is 0 Å². The number of carbonyl (C=O) groups excluding carboxylic acids is 1. The first-order chi connectivity index (χ1) is 14.9. The molecule has 0 bridgehead atoms. The van der Waals surface area contributed by atoms with Crippen LogP contribution >= 0.6 is 12.4 Å². The minimum atomic E-state index is -1.08. The van der Waals surface area contributed by atoms with E-state index in [4.69, 9.17) is 16.2 Å². The highest BCUT2D eigenvalue weighted by atomic mass is 35.5. The molecule has 0 saturated heterocycles. The van der Waals surface area contributed by atoms with Crippen molar-refractivity contribution in [3.63, 3.8) is 0 Å². The van der Waals surface area contributed by atoms with Crippen molar-refractivity contribution in [3.8, 4) is 17.1 Å². The number of pyridine rings is 1. The van der Waals surface area contributed by atoms with Crippen LogP contribution in [0.5, 0.6) is 5.88 Å². The Morgan fingerprint density at radius 3 is 2.53 bits per heavy atom. The Balaban J connectivity index is 0.00000363. The SMILES string of the molecule is Cl.NCCCCOc1ncncc1NC(=O)c1nc(-c2c(F)cccc2F)c(F)cc1N. The topological polar surface area (TPSA) is 129 Å². The Bertz CT molecular complexity index is 1080. The van der Waals surface area contributed by atoms with Gasteiger partial charge in [-0.05, 0) is 31.5 Å². The van der Waals surface area contributed by atoms with E-state index in [1.165, 1.54) is 12.5 Å². The zero-order valence-corrected chi connectivity index (χ0v) is 17.5. The minimum Gasteiger partial charge on any atom is -0.476 e. The summed E-state index contributed by atoms with van der Waals surface area (Å²) in [7, 11) is 0. The molecule has 0 fully saturated rings. The maximum Gasteiger partial charge on any atom is 0.276 e. The first-order valence-corrected chi connectivity index (χ1v) is 9.27. The van der Waals surface area contributed by atoms with Gasteiger partial charge >= 0.3 is 0 Å². The van der Waals surface area contributed by atoms with Gasteiger partial charge in [0.05, 0.1) is 24.1 Å². The van der Waals surface area contributed by atoms with Gasteiger partial charge in [-0.15, -0.1) is 12.4 Å². The summed E-state index contributed by atoms with van der Waals surface area (Å²) in [4.78, 5) is 24.3. The number of nitrogens with one attached hydrogen (secondary N) is 1. The Hall–Kier alpha value is -3.44. The summed E-state index contributed by atoms with van der Waals surface area (Å²) in [5.74, 6) is -3.91. The van der Waals surface area contributed by atoms with Gasteiger partial charge in [0.1, 0.15) is 29.3 Å². The number of rotatable bonds is 8. The van der Waals surface area contributed by atoms with Gasteiger partial charge in [-0.1, -0.05) is 6.07 Å². The van der Waals surface area contributed by atoms with E-state index in [9.17, 15) is 18.0 Å². The van der Waals surface area contributed by atoms with Crippen LogP contribution < -0.4 is 21.5 Å². The molecule has 12 heteroatoms. The third-order valence-electron chi connectivity index (χ3n) is 4.18. The molecule has 3 aromatic rings. The van der Waals surface area contributed by atoms with E-state index in [2.05, 4.69) is 20.3 Å². The lowest BCUT2D eigenvalue weighted by Gasteiger charge is -2.13. The van der Waals surface area contributed by atoms with Crippen molar-refractivity contribution >= 4 is 29.7 Å². The molecule has 5 N–H and O–H groups in total. The number of halogens is 4. The fraction of sp³-hybridized carbons (Fsp3) is 0.200. The highest BCUT2D eigenvalue weighted by molar-refractivity contribution is 6.07. The van der Waals surface area contributed by atoms with E-state index < -0.39 is 40.3 Å². The fourth-order valence-electron chi connectivity index (χ4n) is 2.70. The number of nitrogen functional groups attached to an aromatic ring is 1. The fourth-order valence-corrected chi connectivity index (χ4v) is 2.70. The number of anilines is 2. The number of hydrogen-bond acceptors (Lipinski definition) is 7. The zero-order valence-electron chi connectivity index (χ0n) is 16.6. The molecule has 0 aliphatic carbocycles. The molecule has 3 rings (SSSR count). The number of carbonyl (C=O) groups is 1. The summed E-state index contributed by atoms with van der Waals surface area (Å²) in [5.41, 5.74) is 9.13. The van der Waals surface area contributed by atoms with Crippen LogP contribution in [0.25, 0.3) is 11.3 Å². The molecule has 0 radical (unpaired) electrons. The highest BCUT2D eigenvalue weighted by Crippen LogP contribution is 2.29. The summed E-state index contributed by atoms with van der Waals surface area (Å²) in [6.45, 7) is 0.821. The molecule has 0 unspecified atom stereocenters. The van der Waals surface area contributed by atoms with Crippen molar-refractivity contribution in [2.45, 2.75) is 12.8 Å². The van der Waals surface area contributed by atoms with Gasteiger partial charge in [0.2, 0.25) is 5.88 Å². The average molecular weight is 469 g/mol. The largest absolute Gasteiger partial charge is 0.476 e. The van der Waals surface area contributed by atoms with E-state index in [-0.39, 0.29) is 29.7 Å². The molecule has 1 amide bonds. The molecule has 1 aromatic carbocycles. The van der Waals surface area contributed by atoms with E-state index in [1.807, 2.05) is 0 Å². The lowest BCUT2D eigenvalue weighted by Crippen LogP contribution is -2.18. The third-order valence-corrected chi connectivity index (χ3v) is 4.18.